The highest BCUT2D eigenvalue weighted by Gasteiger charge is 2.41. The van der Waals surface area contributed by atoms with Crippen molar-refractivity contribution in [1.29, 1.82) is 0 Å². The van der Waals surface area contributed by atoms with E-state index in [1.54, 1.807) is 42.5 Å². The highest BCUT2D eigenvalue weighted by atomic mass is 35.5. The van der Waals surface area contributed by atoms with E-state index < -0.39 is 35.9 Å². The number of halogens is 4. The Morgan fingerprint density at radius 3 is 2.33 bits per heavy atom. The quantitative estimate of drug-likeness (QED) is 0.491. The maximum Gasteiger partial charge on any atom is 0.420 e. The molecule has 2 amide bonds. The molecule has 0 fully saturated rings. The largest absolute Gasteiger partial charge is 0.420 e. The second-order valence-electron chi connectivity index (χ2n) is 6.84. The van der Waals surface area contributed by atoms with Gasteiger partial charge in [-0.05, 0) is 23.8 Å². The van der Waals surface area contributed by atoms with E-state index in [0.29, 0.717) is 27.2 Å². The zero-order valence-electron chi connectivity index (χ0n) is 17.6. The third kappa shape index (κ3) is 5.41. The predicted molar refractivity (Wildman–Crippen MR) is 115 cm³/mol. The zero-order chi connectivity index (χ0) is 24.2. The Hall–Kier alpha value is -3.21. The van der Waals surface area contributed by atoms with Crippen LogP contribution in [0.5, 0.6) is 0 Å². The lowest BCUT2D eigenvalue weighted by atomic mass is 10.0. The molecule has 3 rings (SSSR count). The second kappa shape index (κ2) is 10.2. The summed E-state index contributed by atoms with van der Waals surface area (Å²) in [6.07, 6.45) is -4.23. The molecule has 0 bridgehead atoms. The van der Waals surface area contributed by atoms with Crippen LogP contribution in [0.3, 0.4) is 0 Å². The molecule has 0 saturated heterocycles. The van der Waals surface area contributed by atoms with Crippen molar-refractivity contribution < 1.29 is 32.2 Å². The Balaban J connectivity index is 2.18. The number of aromatic nitrogens is 2. The molecular weight excluding hydrogens is 463 g/mol. The third-order valence-corrected chi connectivity index (χ3v) is 4.80. The van der Waals surface area contributed by atoms with Gasteiger partial charge in [-0.15, -0.1) is 0 Å². The van der Waals surface area contributed by atoms with Crippen LogP contribution in [-0.2, 0) is 27.2 Å². The van der Waals surface area contributed by atoms with Crippen molar-refractivity contribution in [2.24, 2.45) is 0 Å². The summed E-state index contributed by atoms with van der Waals surface area (Å²) < 4.78 is 51.5. The number of imide groups is 1. The molecule has 3 aromatic rings. The molecule has 33 heavy (non-hydrogen) atoms. The first-order valence-corrected chi connectivity index (χ1v) is 9.90. The first kappa shape index (κ1) is 24.4. The summed E-state index contributed by atoms with van der Waals surface area (Å²) in [5.74, 6) is -2.11. The van der Waals surface area contributed by atoms with Gasteiger partial charge in [0, 0.05) is 31.0 Å². The number of benzene rings is 2. The minimum absolute atomic E-state index is 0.0706. The maximum absolute atomic E-state index is 13.7. The smallest absolute Gasteiger partial charge is 0.375 e. The average Bonchev–Trinajstić information content (AvgIpc) is 3.20. The van der Waals surface area contributed by atoms with E-state index in [-0.39, 0.29) is 12.4 Å². The van der Waals surface area contributed by atoms with Gasteiger partial charge in [-0.3, -0.25) is 9.59 Å². The number of carbonyl (C=O) groups is 2. The van der Waals surface area contributed by atoms with Crippen LogP contribution in [0.2, 0.25) is 5.02 Å². The highest BCUT2D eigenvalue weighted by Crippen LogP contribution is 2.36. The van der Waals surface area contributed by atoms with E-state index in [1.165, 1.54) is 20.3 Å². The van der Waals surface area contributed by atoms with Crippen LogP contribution in [0.4, 0.5) is 18.9 Å². The van der Waals surface area contributed by atoms with Gasteiger partial charge >= 0.3 is 6.18 Å². The van der Waals surface area contributed by atoms with Gasteiger partial charge in [0.05, 0.1) is 5.69 Å². The molecule has 0 aliphatic rings. The Morgan fingerprint density at radius 2 is 1.73 bits per heavy atom. The summed E-state index contributed by atoms with van der Waals surface area (Å²) in [4.78, 5) is 26.9. The number of carbonyl (C=O) groups excluding carboxylic acids is 2. The number of nitrogens with zero attached hydrogens (tertiary/aromatic N) is 3. The number of amides is 2. The standard InChI is InChI=1S/C22H19ClF3N3O4/c1-32-12-19(30)29(18-6-4-3-5-16(18)14-7-9-15(23)10-8-14)21(31)20-17(22(24,25)26)11-28(27-20)13-33-2/h3-11H,12-13H2,1-2H3. The van der Waals surface area contributed by atoms with Crippen LogP contribution < -0.4 is 4.90 Å². The van der Waals surface area contributed by atoms with Crippen molar-refractivity contribution in [1.82, 2.24) is 9.78 Å². The van der Waals surface area contributed by atoms with E-state index in [4.69, 9.17) is 21.1 Å². The van der Waals surface area contributed by atoms with Gasteiger partial charge in [-0.1, -0.05) is 41.9 Å². The molecule has 11 heteroatoms. The van der Waals surface area contributed by atoms with Crippen molar-refractivity contribution in [3.63, 3.8) is 0 Å². The van der Waals surface area contributed by atoms with Gasteiger partial charge in [0.25, 0.3) is 11.8 Å². The molecule has 0 radical (unpaired) electrons. The molecule has 0 aliphatic heterocycles. The Bertz CT molecular complexity index is 1150. The minimum atomic E-state index is -4.89. The number of rotatable bonds is 7. The molecule has 174 valence electrons. The summed E-state index contributed by atoms with van der Waals surface area (Å²) in [6, 6.07) is 12.9. The van der Waals surface area contributed by atoms with Crippen molar-refractivity contribution >= 4 is 29.1 Å². The zero-order valence-corrected chi connectivity index (χ0v) is 18.4. The Kier molecular flexibility index (Phi) is 7.52. The summed E-state index contributed by atoms with van der Waals surface area (Å²) in [7, 11) is 2.51. The summed E-state index contributed by atoms with van der Waals surface area (Å²) in [6.45, 7) is -0.857. The van der Waals surface area contributed by atoms with Gasteiger partial charge in [0.2, 0.25) is 0 Å². The van der Waals surface area contributed by atoms with E-state index in [1.807, 2.05) is 0 Å². The van der Waals surface area contributed by atoms with Crippen LogP contribution >= 0.6 is 11.6 Å². The van der Waals surface area contributed by atoms with Crippen LogP contribution in [-0.4, -0.2) is 42.4 Å². The molecule has 0 saturated carbocycles. The lowest BCUT2D eigenvalue weighted by Gasteiger charge is -2.23. The van der Waals surface area contributed by atoms with Gasteiger partial charge < -0.3 is 9.47 Å². The van der Waals surface area contributed by atoms with Crippen molar-refractivity contribution in [3.8, 4) is 11.1 Å². The SMILES string of the molecule is COCC(=O)N(C(=O)c1nn(COC)cc1C(F)(F)F)c1ccccc1-c1ccc(Cl)cc1. The fourth-order valence-corrected chi connectivity index (χ4v) is 3.30. The number of ether oxygens (including phenoxy) is 2. The topological polar surface area (TPSA) is 73.7 Å². The molecule has 0 aliphatic carbocycles. The molecule has 7 nitrogen and oxygen atoms in total. The van der Waals surface area contributed by atoms with Crippen molar-refractivity contribution in [2.45, 2.75) is 12.9 Å². The number of methoxy groups -OCH3 is 2. The van der Waals surface area contributed by atoms with Crippen LogP contribution in [0, 0.1) is 0 Å². The van der Waals surface area contributed by atoms with Gasteiger partial charge in [0.1, 0.15) is 18.9 Å². The molecule has 0 N–H and O–H groups in total. The Morgan fingerprint density at radius 1 is 1.06 bits per heavy atom. The summed E-state index contributed by atoms with van der Waals surface area (Å²) in [5.41, 5.74) is -1.13. The average molecular weight is 482 g/mol. The van der Waals surface area contributed by atoms with Gasteiger partial charge in [-0.25, -0.2) is 9.58 Å². The van der Waals surface area contributed by atoms with E-state index in [2.05, 4.69) is 5.10 Å². The van der Waals surface area contributed by atoms with Gasteiger partial charge in [0.15, 0.2) is 5.69 Å². The number of alkyl halides is 3. The molecule has 2 aromatic carbocycles. The Labute approximate surface area is 192 Å². The predicted octanol–water partition coefficient (Wildman–Crippen LogP) is 4.65. The third-order valence-electron chi connectivity index (χ3n) is 4.55. The first-order valence-electron chi connectivity index (χ1n) is 9.52. The number of hydrogen-bond donors (Lipinski definition) is 0. The summed E-state index contributed by atoms with van der Waals surface area (Å²) in [5, 5.41) is 4.21. The van der Waals surface area contributed by atoms with Crippen LogP contribution in [0.15, 0.2) is 54.7 Å². The fraction of sp³-hybridized carbons (Fsp3) is 0.227. The van der Waals surface area contributed by atoms with Gasteiger partial charge in [-0.2, -0.15) is 18.3 Å². The highest BCUT2D eigenvalue weighted by molar-refractivity contribution is 6.30. The summed E-state index contributed by atoms with van der Waals surface area (Å²) >= 11 is 5.95. The molecule has 1 heterocycles. The number of anilines is 1. The lowest BCUT2D eigenvalue weighted by molar-refractivity contribution is -0.138. The van der Waals surface area contributed by atoms with E-state index in [9.17, 15) is 22.8 Å². The fourth-order valence-electron chi connectivity index (χ4n) is 3.18. The number of para-hydroxylation sites is 1. The van der Waals surface area contributed by atoms with E-state index in [0.717, 1.165) is 4.68 Å². The van der Waals surface area contributed by atoms with E-state index >= 15 is 0 Å². The molecular formula is C22H19ClF3N3O4. The molecule has 0 atom stereocenters. The van der Waals surface area contributed by atoms with Crippen LogP contribution in [0.1, 0.15) is 16.1 Å². The maximum atomic E-state index is 13.7. The lowest BCUT2D eigenvalue weighted by Crippen LogP contribution is -2.40. The minimum Gasteiger partial charge on any atom is -0.375 e. The van der Waals surface area contributed by atoms with Crippen molar-refractivity contribution in [2.75, 3.05) is 25.7 Å². The first-order chi connectivity index (χ1) is 15.7. The molecule has 1 aromatic heterocycles. The molecule has 0 unspecified atom stereocenters. The normalized spacial score (nSPS) is 11.5. The number of hydrogen-bond acceptors (Lipinski definition) is 5. The second-order valence-corrected chi connectivity index (χ2v) is 7.27. The van der Waals surface area contributed by atoms with Crippen molar-refractivity contribution in [3.05, 3.63) is 71.0 Å². The van der Waals surface area contributed by atoms with Crippen LogP contribution in [0.25, 0.3) is 11.1 Å². The molecule has 0 spiro atoms. The monoisotopic (exact) mass is 481 g/mol.